The van der Waals surface area contributed by atoms with Gasteiger partial charge in [-0.3, -0.25) is 13.9 Å². The molecule has 0 saturated carbocycles. The molecule has 10 heteroatoms. The van der Waals surface area contributed by atoms with Gasteiger partial charge in [-0.1, -0.05) is 41.4 Å². The molecule has 0 aliphatic heterocycles. The molecule has 0 aliphatic rings. The van der Waals surface area contributed by atoms with Crippen LogP contribution < -0.4 is 9.62 Å². The first-order valence-electron chi connectivity index (χ1n) is 11.4. The number of amides is 2. The fraction of sp³-hybridized carbons (Fsp3) is 0.440. The van der Waals surface area contributed by atoms with Gasteiger partial charge in [-0.15, -0.1) is 0 Å². The molecule has 2 aromatic carbocycles. The average Bonchev–Trinajstić information content (AvgIpc) is 2.77. The van der Waals surface area contributed by atoms with Crippen molar-refractivity contribution in [3.05, 3.63) is 63.1 Å². The fourth-order valence-corrected chi connectivity index (χ4v) is 5.28. The normalized spacial score (nSPS) is 12.2. The van der Waals surface area contributed by atoms with Crippen LogP contribution in [-0.4, -0.2) is 50.5 Å². The lowest BCUT2D eigenvalue weighted by Crippen LogP contribution is -2.47. The Hall–Kier alpha value is -2.29. The summed E-state index contributed by atoms with van der Waals surface area (Å²) in [6, 6.07) is 9.79. The molecular formula is C25H33Cl2N3O4S. The summed E-state index contributed by atoms with van der Waals surface area (Å²) in [5.41, 5.74) is 2.98. The summed E-state index contributed by atoms with van der Waals surface area (Å²) < 4.78 is 26.4. The summed E-state index contributed by atoms with van der Waals surface area (Å²) in [7, 11) is -3.56. The molecule has 0 spiro atoms. The van der Waals surface area contributed by atoms with Crippen molar-refractivity contribution in [2.24, 2.45) is 0 Å². The smallest absolute Gasteiger partial charge is 0.242 e. The van der Waals surface area contributed by atoms with Crippen LogP contribution in [0.3, 0.4) is 0 Å². The van der Waals surface area contributed by atoms with Gasteiger partial charge in [0, 0.05) is 41.7 Å². The highest BCUT2D eigenvalue weighted by Gasteiger charge is 2.28. The Kier molecular flexibility index (Phi) is 10.4. The molecule has 0 aromatic heterocycles. The maximum absolute atomic E-state index is 13.3. The van der Waals surface area contributed by atoms with Crippen LogP contribution in [0.1, 0.15) is 43.4 Å². The number of aryl methyl sites for hydroxylation is 1. The largest absolute Gasteiger partial charge is 0.355 e. The molecule has 1 atom stereocenters. The number of nitrogens with zero attached hydrogens (tertiary/aromatic N) is 2. The summed E-state index contributed by atoms with van der Waals surface area (Å²) in [4.78, 5) is 27.3. The quantitative estimate of drug-likeness (QED) is 0.446. The van der Waals surface area contributed by atoms with Crippen LogP contribution >= 0.6 is 23.2 Å². The Morgan fingerprint density at radius 1 is 1.06 bits per heavy atom. The number of likely N-dealkylation sites (N-methyl/N-ethyl adjacent to an activating group) is 1. The van der Waals surface area contributed by atoms with Gasteiger partial charge in [-0.05, 0) is 63.4 Å². The summed E-state index contributed by atoms with van der Waals surface area (Å²) >= 11 is 12.6. The number of sulfonamides is 1. The Labute approximate surface area is 218 Å². The maximum atomic E-state index is 13.3. The third-order valence-corrected chi connectivity index (χ3v) is 7.79. The molecule has 0 fully saturated rings. The minimum Gasteiger partial charge on any atom is -0.355 e. The molecule has 0 bridgehead atoms. The second kappa shape index (κ2) is 12.6. The molecule has 2 rings (SSSR count). The molecule has 0 aliphatic carbocycles. The molecule has 0 saturated heterocycles. The highest BCUT2D eigenvalue weighted by Crippen LogP contribution is 2.28. The minimum atomic E-state index is -3.56. The summed E-state index contributed by atoms with van der Waals surface area (Å²) in [5.74, 6) is -0.591. The van der Waals surface area contributed by atoms with E-state index < -0.39 is 16.1 Å². The topological polar surface area (TPSA) is 86.8 Å². The lowest BCUT2D eigenvalue weighted by Gasteiger charge is -2.30. The second-order valence-electron chi connectivity index (χ2n) is 8.45. The molecule has 0 radical (unpaired) electrons. The zero-order chi connectivity index (χ0) is 26.3. The lowest BCUT2D eigenvalue weighted by molar-refractivity contribution is -0.140. The van der Waals surface area contributed by atoms with Gasteiger partial charge in [0.15, 0.2) is 0 Å². The highest BCUT2D eigenvalue weighted by atomic mass is 35.5. The van der Waals surface area contributed by atoms with Gasteiger partial charge in [0.25, 0.3) is 0 Å². The third kappa shape index (κ3) is 7.59. The van der Waals surface area contributed by atoms with E-state index in [1.807, 2.05) is 26.0 Å². The van der Waals surface area contributed by atoms with Crippen molar-refractivity contribution >= 4 is 50.7 Å². The van der Waals surface area contributed by atoms with Crippen LogP contribution in [0.15, 0.2) is 36.4 Å². The van der Waals surface area contributed by atoms with Gasteiger partial charge < -0.3 is 10.2 Å². The van der Waals surface area contributed by atoms with Crippen LogP contribution in [0.5, 0.6) is 0 Å². The first kappa shape index (κ1) is 28.9. The number of halogens is 2. The Balaban J connectivity index is 2.24. The molecule has 2 amide bonds. The Morgan fingerprint density at radius 3 is 2.23 bits per heavy atom. The standard InChI is InChI=1S/C25H33Cl2N3O4S/c1-6-28-25(32)19(4)29(16-20-21(26)11-8-12-22(20)27)24(31)14-9-15-30(35(5,33)34)23-13-7-10-17(2)18(23)3/h7-8,10-13,19H,6,9,14-16H2,1-5H3,(H,28,32)/t19-/m0/s1. The summed E-state index contributed by atoms with van der Waals surface area (Å²) in [5, 5.41) is 3.54. The van der Waals surface area contributed by atoms with Gasteiger partial charge in [0.1, 0.15) is 6.04 Å². The minimum absolute atomic E-state index is 0.0443. The van der Waals surface area contributed by atoms with E-state index >= 15 is 0 Å². The number of hydrogen-bond donors (Lipinski definition) is 1. The number of nitrogens with one attached hydrogen (secondary N) is 1. The van der Waals surface area contributed by atoms with E-state index in [0.717, 1.165) is 17.4 Å². The van der Waals surface area contributed by atoms with E-state index in [1.54, 1.807) is 38.1 Å². The molecule has 1 N–H and O–H groups in total. The zero-order valence-corrected chi connectivity index (χ0v) is 23.1. The zero-order valence-electron chi connectivity index (χ0n) is 20.8. The average molecular weight is 543 g/mol. The van der Waals surface area contributed by atoms with Gasteiger partial charge in [0.05, 0.1) is 11.9 Å². The van der Waals surface area contributed by atoms with Gasteiger partial charge >= 0.3 is 0 Å². The van der Waals surface area contributed by atoms with Crippen molar-refractivity contribution in [1.29, 1.82) is 0 Å². The molecule has 2 aromatic rings. The monoisotopic (exact) mass is 541 g/mol. The summed E-state index contributed by atoms with van der Waals surface area (Å²) in [6.45, 7) is 7.85. The number of rotatable bonds is 11. The van der Waals surface area contributed by atoms with Crippen LogP contribution in [0.2, 0.25) is 10.0 Å². The van der Waals surface area contributed by atoms with Crippen molar-refractivity contribution < 1.29 is 18.0 Å². The van der Waals surface area contributed by atoms with Crippen molar-refractivity contribution in [2.45, 2.75) is 53.1 Å². The van der Waals surface area contributed by atoms with Crippen LogP contribution in [-0.2, 0) is 26.2 Å². The first-order chi connectivity index (χ1) is 16.4. The summed E-state index contributed by atoms with van der Waals surface area (Å²) in [6.07, 6.45) is 1.47. The highest BCUT2D eigenvalue weighted by molar-refractivity contribution is 7.92. The van der Waals surface area contributed by atoms with E-state index in [1.165, 1.54) is 9.21 Å². The predicted octanol–water partition coefficient (Wildman–Crippen LogP) is 4.71. The second-order valence-corrected chi connectivity index (χ2v) is 11.2. The van der Waals surface area contributed by atoms with Crippen molar-refractivity contribution in [3.63, 3.8) is 0 Å². The van der Waals surface area contributed by atoms with Crippen LogP contribution in [0.4, 0.5) is 5.69 Å². The molecular weight excluding hydrogens is 509 g/mol. The van der Waals surface area contributed by atoms with Crippen molar-refractivity contribution in [3.8, 4) is 0 Å². The van der Waals surface area contributed by atoms with E-state index in [2.05, 4.69) is 5.32 Å². The van der Waals surface area contributed by atoms with Crippen LogP contribution in [0, 0.1) is 13.8 Å². The number of benzene rings is 2. The Bertz CT molecular complexity index is 1150. The van der Waals surface area contributed by atoms with Gasteiger partial charge in [0.2, 0.25) is 21.8 Å². The van der Waals surface area contributed by atoms with Crippen molar-refractivity contribution in [2.75, 3.05) is 23.7 Å². The number of anilines is 1. The van der Waals surface area contributed by atoms with Crippen molar-refractivity contribution in [1.82, 2.24) is 10.2 Å². The SMILES string of the molecule is CCNC(=O)[C@H](C)N(Cc1c(Cl)cccc1Cl)C(=O)CCCN(c1cccc(C)c1C)S(C)(=O)=O. The fourth-order valence-electron chi connectivity index (χ4n) is 3.75. The number of hydrogen-bond acceptors (Lipinski definition) is 4. The van der Waals surface area contributed by atoms with Crippen LogP contribution in [0.25, 0.3) is 0 Å². The Morgan fingerprint density at radius 2 is 1.66 bits per heavy atom. The molecule has 192 valence electrons. The predicted molar refractivity (Wildman–Crippen MR) is 142 cm³/mol. The maximum Gasteiger partial charge on any atom is 0.242 e. The number of carbonyl (C=O) groups excluding carboxylic acids is 2. The van der Waals surface area contributed by atoms with Gasteiger partial charge in [-0.25, -0.2) is 8.42 Å². The molecule has 0 heterocycles. The number of carbonyl (C=O) groups is 2. The van der Waals surface area contributed by atoms with E-state index in [-0.39, 0.29) is 37.7 Å². The van der Waals surface area contributed by atoms with E-state index in [0.29, 0.717) is 27.8 Å². The molecule has 35 heavy (non-hydrogen) atoms. The molecule has 7 nitrogen and oxygen atoms in total. The van der Waals surface area contributed by atoms with Gasteiger partial charge in [-0.2, -0.15) is 0 Å². The third-order valence-electron chi connectivity index (χ3n) is 5.91. The first-order valence-corrected chi connectivity index (χ1v) is 14.0. The lowest BCUT2D eigenvalue weighted by atomic mass is 10.1. The van der Waals surface area contributed by atoms with E-state index in [9.17, 15) is 18.0 Å². The van der Waals surface area contributed by atoms with E-state index in [4.69, 9.17) is 23.2 Å². The molecule has 0 unspecified atom stereocenters.